The molecule has 2 aliphatic rings. The van der Waals surface area contributed by atoms with E-state index in [1.807, 2.05) is 0 Å². The van der Waals surface area contributed by atoms with Gasteiger partial charge in [0.15, 0.2) is 0 Å². The van der Waals surface area contributed by atoms with Crippen LogP contribution in [0.1, 0.15) is 26.2 Å². The molecule has 1 unspecified atom stereocenters. The molecule has 0 radical (unpaired) electrons. The molecule has 0 aromatic rings. The maximum absolute atomic E-state index is 10.7. The fraction of sp³-hybridized carbons (Fsp3) is 0.615. The highest BCUT2D eigenvalue weighted by Crippen LogP contribution is 2.31. The Morgan fingerprint density at radius 2 is 2.50 bits per heavy atom. The summed E-state index contributed by atoms with van der Waals surface area (Å²) in [6.45, 7) is 3.89. The van der Waals surface area contributed by atoms with Crippen molar-refractivity contribution in [3.63, 3.8) is 0 Å². The molecule has 1 fully saturated rings. The Morgan fingerprint density at radius 3 is 3.31 bits per heavy atom. The van der Waals surface area contributed by atoms with Gasteiger partial charge in [0.05, 0.1) is 6.54 Å². The van der Waals surface area contributed by atoms with Crippen LogP contribution in [0.5, 0.6) is 0 Å². The first-order valence-corrected chi connectivity index (χ1v) is 6.02. The van der Waals surface area contributed by atoms with Crippen LogP contribution < -0.4 is 0 Å². The Bertz CT molecular complexity index is 320. The summed E-state index contributed by atoms with van der Waals surface area (Å²) in [7, 11) is 0. The van der Waals surface area contributed by atoms with E-state index in [-0.39, 0.29) is 5.97 Å². The normalized spacial score (nSPS) is 23.7. The average Bonchev–Trinajstić information content (AvgIpc) is 2.29. The summed E-state index contributed by atoms with van der Waals surface area (Å²) in [5.74, 6) is 0.502. The second-order valence-corrected chi connectivity index (χ2v) is 4.42. The van der Waals surface area contributed by atoms with E-state index in [0.29, 0.717) is 12.5 Å². The molecule has 3 heteroatoms. The third-order valence-corrected chi connectivity index (χ3v) is 3.25. The minimum absolute atomic E-state index is 0.189. The molecule has 0 aromatic heterocycles. The minimum atomic E-state index is -0.189. The SMILES string of the molecule is CC(=O)OCCN1CCCC2CC=CC=C21. The van der Waals surface area contributed by atoms with Crippen LogP contribution in [0.2, 0.25) is 0 Å². The van der Waals surface area contributed by atoms with E-state index in [1.54, 1.807) is 0 Å². The van der Waals surface area contributed by atoms with Gasteiger partial charge in [-0.3, -0.25) is 4.79 Å². The van der Waals surface area contributed by atoms with E-state index in [2.05, 4.69) is 23.1 Å². The number of likely N-dealkylation sites (tertiary alicyclic amines) is 1. The minimum Gasteiger partial charge on any atom is -0.464 e. The number of ether oxygens (including phenoxy) is 1. The monoisotopic (exact) mass is 221 g/mol. The summed E-state index contributed by atoms with van der Waals surface area (Å²) in [4.78, 5) is 13.1. The zero-order valence-electron chi connectivity index (χ0n) is 9.82. The Labute approximate surface area is 96.8 Å². The molecule has 0 saturated carbocycles. The number of carbonyl (C=O) groups is 1. The summed E-state index contributed by atoms with van der Waals surface area (Å²) in [6, 6.07) is 0. The lowest BCUT2D eigenvalue weighted by Gasteiger charge is -2.38. The number of carbonyl (C=O) groups excluding carboxylic acids is 1. The van der Waals surface area contributed by atoms with Gasteiger partial charge in [0.1, 0.15) is 6.61 Å². The molecule has 3 nitrogen and oxygen atoms in total. The van der Waals surface area contributed by atoms with Gasteiger partial charge in [0.2, 0.25) is 0 Å². The molecule has 1 saturated heterocycles. The van der Waals surface area contributed by atoms with Crippen molar-refractivity contribution in [3.05, 3.63) is 23.9 Å². The maximum atomic E-state index is 10.7. The zero-order chi connectivity index (χ0) is 11.4. The molecule has 1 aliphatic carbocycles. The van der Waals surface area contributed by atoms with Gasteiger partial charge in [-0.05, 0) is 25.3 Å². The summed E-state index contributed by atoms with van der Waals surface area (Å²) in [5.41, 5.74) is 1.43. The average molecular weight is 221 g/mol. The van der Waals surface area contributed by atoms with E-state index in [0.717, 1.165) is 19.5 Å². The van der Waals surface area contributed by atoms with Crippen molar-refractivity contribution in [2.45, 2.75) is 26.2 Å². The van der Waals surface area contributed by atoms with Crippen LogP contribution in [0, 0.1) is 5.92 Å². The van der Waals surface area contributed by atoms with Crippen LogP contribution >= 0.6 is 0 Å². The van der Waals surface area contributed by atoms with Crippen molar-refractivity contribution in [1.82, 2.24) is 4.90 Å². The van der Waals surface area contributed by atoms with Crippen LogP contribution in [-0.4, -0.2) is 30.6 Å². The quantitative estimate of drug-likeness (QED) is 0.684. The van der Waals surface area contributed by atoms with Crippen LogP contribution in [-0.2, 0) is 9.53 Å². The van der Waals surface area contributed by atoms with Crippen molar-refractivity contribution < 1.29 is 9.53 Å². The van der Waals surface area contributed by atoms with E-state index >= 15 is 0 Å². The number of hydrogen-bond donors (Lipinski definition) is 0. The fourth-order valence-corrected chi connectivity index (χ4v) is 2.49. The van der Waals surface area contributed by atoms with E-state index in [9.17, 15) is 4.79 Å². The second kappa shape index (κ2) is 5.19. The van der Waals surface area contributed by atoms with Gasteiger partial charge in [-0.25, -0.2) is 0 Å². The highest BCUT2D eigenvalue weighted by molar-refractivity contribution is 5.65. The molecule has 88 valence electrons. The Balaban J connectivity index is 1.90. The van der Waals surface area contributed by atoms with Gasteiger partial charge >= 0.3 is 5.97 Å². The molecule has 16 heavy (non-hydrogen) atoms. The molecule has 1 aliphatic heterocycles. The summed E-state index contributed by atoms with van der Waals surface area (Å²) < 4.78 is 5.00. The number of hydrogen-bond acceptors (Lipinski definition) is 3. The van der Waals surface area contributed by atoms with Crippen LogP contribution in [0.4, 0.5) is 0 Å². The van der Waals surface area contributed by atoms with E-state index in [4.69, 9.17) is 4.74 Å². The molecule has 0 aromatic carbocycles. The largest absolute Gasteiger partial charge is 0.464 e. The molecule has 0 bridgehead atoms. The molecule has 2 rings (SSSR count). The van der Waals surface area contributed by atoms with E-state index in [1.165, 1.54) is 25.5 Å². The van der Waals surface area contributed by atoms with Crippen molar-refractivity contribution in [1.29, 1.82) is 0 Å². The first kappa shape index (κ1) is 11.2. The fourth-order valence-electron chi connectivity index (χ4n) is 2.49. The van der Waals surface area contributed by atoms with Crippen LogP contribution in [0.3, 0.4) is 0 Å². The van der Waals surface area contributed by atoms with Gasteiger partial charge in [-0.1, -0.05) is 12.2 Å². The predicted octanol–water partition coefficient (Wildman–Crippen LogP) is 2.11. The van der Waals surface area contributed by atoms with Gasteiger partial charge in [0.25, 0.3) is 0 Å². The molecule has 0 N–H and O–H groups in total. The lowest BCUT2D eigenvalue weighted by atomic mass is 9.88. The summed E-state index contributed by atoms with van der Waals surface area (Å²) in [6.07, 6.45) is 10.3. The van der Waals surface area contributed by atoms with Gasteiger partial charge in [0, 0.05) is 25.1 Å². The first-order chi connectivity index (χ1) is 7.77. The van der Waals surface area contributed by atoms with Crippen molar-refractivity contribution in [3.8, 4) is 0 Å². The molecule has 1 heterocycles. The molecular weight excluding hydrogens is 202 g/mol. The van der Waals surface area contributed by atoms with Crippen molar-refractivity contribution >= 4 is 5.97 Å². The van der Waals surface area contributed by atoms with E-state index < -0.39 is 0 Å². The highest BCUT2D eigenvalue weighted by Gasteiger charge is 2.24. The lowest BCUT2D eigenvalue weighted by Crippen LogP contribution is -2.36. The molecular formula is C13H19NO2. The van der Waals surface area contributed by atoms with Crippen molar-refractivity contribution in [2.75, 3.05) is 19.7 Å². The molecule has 1 atom stereocenters. The maximum Gasteiger partial charge on any atom is 0.302 e. The number of fused-ring (bicyclic) bond motifs is 1. The summed E-state index contributed by atoms with van der Waals surface area (Å²) >= 11 is 0. The van der Waals surface area contributed by atoms with Crippen LogP contribution in [0.25, 0.3) is 0 Å². The highest BCUT2D eigenvalue weighted by atomic mass is 16.5. The van der Waals surface area contributed by atoms with Crippen molar-refractivity contribution in [2.24, 2.45) is 5.92 Å². The first-order valence-electron chi connectivity index (χ1n) is 6.02. The predicted molar refractivity (Wildman–Crippen MR) is 62.8 cm³/mol. The molecule has 0 amide bonds. The van der Waals surface area contributed by atoms with Gasteiger partial charge < -0.3 is 9.64 Å². The number of allylic oxidation sites excluding steroid dienone is 4. The summed E-state index contributed by atoms with van der Waals surface area (Å²) in [5, 5.41) is 0. The third kappa shape index (κ3) is 2.65. The standard InChI is InChI=1S/C13H19NO2/c1-11(15)16-10-9-14-8-4-6-12-5-2-3-7-13(12)14/h2-3,7,12H,4-6,8-10H2,1H3. The van der Waals surface area contributed by atoms with Gasteiger partial charge in [-0.2, -0.15) is 0 Å². The Morgan fingerprint density at radius 1 is 1.62 bits per heavy atom. The smallest absolute Gasteiger partial charge is 0.302 e. The number of esters is 1. The Kier molecular flexibility index (Phi) is 3.65. The number of nitrogens with zero attached hydrogens (tertiary/aromatic N) is 1. The van der Waals surface area contributed by atoms with Gasteiger partial charge in [-0.15, -0.1) is 0 Å². The Hall–Kier alpha value is -1.25. The number of piperidine rings is 1. The number of rotatable bonds is 3. The third-order valence-electron chi connectivity index (χ3n) is 3.25. The van der Waals surface area contributed by atoms with Crippen LogP contribution in [0.15, 0.2) is 23.9 Å². The zero-order valence-corrected chi connectivity index (χ0v) is 9.82. The second-order valence-electron chi connectivity index (χ2n) is 4.42. The lowest BCUT2D eigenvalue weighted by molar-refractivity contribution is -0.141. The molecule has 0 spiro atoms. The topological polar surface area (TPSA) is 29.5 Å².